The highest BCUT2D eigenvalue weighted by Gasteiger charge is 2.05. The van der Waals surface area contributed by atoms with E-state index in [4.69, 9.17) is 5.11 Å². The Morgan fingerprint density at radius 1 is 1.53 bits per heavy atom. The molecule has 4 heteroatoms. The van der Waals surface area contributed by atoms with Crippen LogP contribution < -0.4 is 4.90 Å². The van der Waals surface area contributed by atoms with Crippen molar-refractivity contribution in [1.82, 2.24) is 9.97 Å². The minimum atomic E-state index is 0.166. The highest BCUT2D eigenvalue weighted by molar-refractivity contribution is 5.79. The van der Waals surface area contributed by atoms with E-state index >= 15 is 0 Å². The van der Waals surface area contributed by atoms with Gasteiger partial charge in [0.05, 0.1) is 18.5 Å². The van der Waals surface area contributed by atoms with Crippen molar-refractivity contribution in [2.75, 3.05) is 24.6 Å². The summed E-state index contributed by atoms with van der Waals surface area (Å²) in [4.78, 5) is 9.47. The maximum absolute atomic E-state index is 8.93. The number of hydrogen-bond acceptors (Lipinski definition) is 3. The Labute approximate surface area is 88.6 Å². The molecule has 2 rings (SSSR count). The van der Waals surface area contributed by atoms with Gasteiger partial charge in [-0.05, 0) is 19.1 Å². The molecule has 2 heterocycles. The first-order valence-corrected chi connectivity index (χ1v) is 5.14. The van der Waals surface area contributed by atoms with Crippen molar-refractivity contribution in [3.63, 3.8) is 0 Å². The molecular weight excluding hydrogens is 190 g/mol. The maximum Gasteiger partial charge on any atom is 0.137 e. The zero-order valence-electron chi connectivity index (χ0n) is 8.77. The van der Waals surface area contributed by atoms with Crippen molar-refractivity contribution in [1.29, 1.82) is 0 Å². The fourth-order valence-electron chi connectivity index (χ4n) is 1.69. The molecule has 0 amide bonds. The number of nitrogens with zero attached hydrogens (tertiary/aromatic N) is 2. The van der Waals surface area contributed by atoms with Crippen LogP contribution in [0.5, 0.6) is 0 Å². The molecule has 0 radical (unpaired) electrons. The average Bonchev–Trinajstić information content (AvgIpc) is 2.72. The van der Waals surface area contributed by atoms with Gasteiger partial charge < -0.3 is 15.0 Å². The van der Waals surface area contributed by atoms with Crippen molar-refractivity contribution >= 4 is 16.7 Å². The second-order valence-corrected chi connectivity index (χ2v) is 3.41. The Hall–Kier alpha value is -1.55. The number of likely N-dealkylation sites (N-methyl/N-ethyl adjacent to an activating group) is 1. The van der Waals surface area contributed by atoms with E-state index in [2.05, 4.69) is 27.9 Å². The molecule has 80 valence electrons. The largest absolute Gasteiger partial charge is 0.395 e. The first-order chi connectivity index (χ1) is 7.35. The molecule has 0 saturated heterocycles. The third-order valence-corrected chi connectivity index (χ3v) is 2.50. The van der Waals surface area contributed by atoms with E-state index in [-0.39, 0.29) is 6.61 Å². The van der Waals surface area contributed by atoms with Crippen molar-refractivity contribution in [3.05, 3.63) is 24.5 Å². The van der Waals surface area contributed by atoms with E-state index in [0.29, 0.717) is 6.54 Å². The molecule has 0 aliphatic rings. The molecule has 15 heavy (non-hydrogen) atoms. The van der Waals surface area contributed by atoms with Gasteiger partial charge in [-0.15, -0.1) is 0 Å². The molecule has 0 unspecified atom stereocenters. The van der Waals surface area contributed by atoms with Crippen LogP contribution >= 0.6 is 0 Å². The Kier molecular flexibility index (Phi) is 2.87. The van der Waals surface area contributed by atoms with Gasteiger partial charge in [0.2, 0.25) is 0 Å². The first-order valence-electron chi connectivity index (χ1n) is 5.14. The highest BCUT2D eigenvalue weighted by Crippen LogP contribution is 2.18. The number of pyridine rings is 1. The smallest absolute Gasteiger partial charge is 0.137 e. The molecule has 0 aromatic carbocycles. The molecule has 2 N–H and O–H groups in total. The quantitative estimate of drug-likeness (QED) is 0.793. The lowest BCUT2D eigenvalue weighted by molar-refractivity contribution is 0.302. The molecule has 2 aromatic rings. The van der Waals surface area contributed by atoms with E-state index in [1.807, 2.05) is 18.5 Å². The number of aliphatic hydroxyl groups excluding tert-OH is 1. The van der Waals surface area contributed by atoms with Gasteiger partial charge >= 0.3 is 0 Å². The van der Waals surface area contributed by atoms with Crippen molar-refractivity contribution in [2.24, 2.45) is 0 Å². The van der Waals surface area contributed by atoms with Gasteiger partial charge in [-0.1, -0.05) is 0 Å². The average molecular weight is 205 g/mol. The zero-order chi connectivity index (χ0) is 10.7. The molecule has 0 bridgehead atoms. The number of aromatic nitrogens is 2. The summed E-state index contributed by atoms with van der Waals surface area (Å²) in [5.41, 5.74) is 1.96. The number of hydrogen-bond donors (Lipinski definition) is 2. The molecule has 0 aliphatic carbocycles. The fraction of sp³-hybridized carbons (Fsp3) is 0.364. The van der Waals surface area contributed by atoms with Gasteiger partial charge in [0, 0.05) is 24.7 Å². The third-order valence-electron chi connectivity index (χ3n) is 2.50. The van der Waals surface area contributed by atoms with Crippen LogP contribution in [0.25, 0.3) is 11.0 Å². The fourth-order valence-corrected chi connectivity index (χ4v) is 1.69. The summed E-state index contributed by atoms with van der Waals surface area (Å²) >= 11 is 0. The predicted molar refractivity (Wildman–Crippen MR) is 61.1 cm³/mol. The highest BCUT2D eigenvalue weighted by atomic mass is 16.3. The Morgan fingerprint density at radius 2 is 2.40 bits per heavy atom. The summed E-state index contributed by atoms with van der Waals surface area (Å²) in [5, 5.41) is 10.0. The summed E-state index contributed by atoms with van der Waals surface area (Å²) < 4.78 is 0. The second-order valence-electron chi connectivity index (χ2n) is 3.41. The van der Waals surface area contributed by atoms with E-state index in [9.17, 15) is 0 Å². The van der Waals surface area contributed by atoms with E-state index in [0.717, 1.165) is 23.3 Å². The van der Waals surface area contributed by atoms with Crippen LogP contribution in [0.4, 0.5) is 5.69 Å². The van der Waals surface area contributed by atoms with Gasteiger partial charge in [0.1, 0.15) is 5.65 Å². The van der Waals surface area contributed by atoms with Crippen molar-refractivity contribution in [3.8, 4) is 0 Å². The monoisotopic (exact) mass is 205 g/mol. The Morgan fingerprint density at radius 3 is 3.13 bits per heavy atom. The van der Waals surface area contributed by atoms with Crippen molar-refractivity contribution < 1.29 is 5.11 Å². The number of fused-ring (bicyclic) bond motifs is 1. The Bertz CT molecular complexity index is 438. The molecule has 0 fully saturated rings. The number of nitrogens with one attached hydrogen (secondary N) is 1. The normalized spacial score (nSPS) is 10.8. The number of anilines is 1. The standard InChI is InChI=1S/C11H15N3O/c1-2-14(5-6-15)10-7-9-3-4-12-11(9)13-8-10/h3-4,7-8,15H,2,5-6H2,1H3,(H,12,13). The number of aliphatic hydroxyl groups is 1. The van der Waals surface area contributed by atoms with Crippen molar-refractivity contribution in [2.45, 2.75) is 6.92 Å². The summed E-state index contributed by atoms with van der Waals surface area (Å²) in [6.07, 6.45) is 3.71. The van der Waals surface area contributed by atoms with Crippen LogP contribution in [-0.4, -0.2) is 34.8 Å². The molecule has 2 aromatic heterocycles. The minimum absolute atomic E-state index is 0.166. The summed E-state index contributed by atoms with van der Waals surface area (Å²) in [7, 11) is 0. The van der Waals surface area contributed by atoms with E-state index < -0.39 is 0 Å². The molecule has 0 saturated carbocycles. The van der Waals surface area contributed by atoms with Gasteiger partial charge in [0.15, 0.2) is 0 Å². The lowest BCUT2D eigenvalue weighted by Gasteiger charge is -2.21. The molecule has 0 atom stereocenters. The van der Waals surface area contributed by atoms with Crippen LogP contribution in [-0.2, 0) is 0 Å². The van der Waals surface area contributed by atoms with E-state index in [1.54, 1.807) is 0 Å². The molecule has 0 aliphatic heterocycles. The van der Waals surface area contributed by atoms with Gasteiger partial charge in [-0.25, -0.2) is 4.98 Å². The topological polar surface area (TPSA) is 52.1 Å². The van der Waals surface area contributed by atoms with Crippen LogP contribution in [0, 0.1) is 0 Å². The summed E-state index contributed by atoms with van der Waals surface area (Å²) in [5.74, 6) is 0. The van der Waals surface area contributed by atoms with Crippen LogP contribution in [0.15, 0.2) is 24.5 Å². The zero-order valence-corrected chi connectivity index (χ0v) is 8.77. The maximum atomic E-state index is 8.93. The van der Waals surface area contributed by atoms with Gasteiger partial charge in [-0.2, -0.15) is 0 Å². The van der Waals surface area contributed by atoms with Gasteiger partial charge in [-0.3, -0.25) is 0 Å². The van der Waals surface area contributed by atoms with Crippen LogP contribution in [0.3, 0.4) is 0 Å². The van der Waals surface area contributed by atoms with Gasteiger partial charge in [0.25, 0.3) is 0 Å². The summed E-state index contributed by atoms with van der Waals surface area (Å²) in [6.45, 7) is 3.75. The number of aromatic amines is 1. The second kappa shape index (κ2) is 4.31. The van der Waals surface area contributed by atoms with E-state index in [1.165, 1.54) is 0 Å². The number of rotatable bonds is 4. The Balaban J connectivity index is 2.33. The lowest BCUT2D eigenvalue weighted by atomic mass is 10.3. The van der Waals surface area contributed by atoms with Crippen LogP contribution in [0.1, 0.15) is 6.92 Å². The predicted octanol–water partition coefficient (Wildman–Crippen LogP) is 1.38. The lowest BCUT2D eigenvalue weighted by Crippen LogP contribution is -2.26. The molecule has 4 nitrogen and oxygen atoms in total. The number of H-pyrrole nitrogens is 1. The molecule has 0 spiro atoms. The first kappa shape index (κ1) is 9.98. The summed E-state index contributed by atoms with van der Waals surface area (Å²) in [6, 6.07) is 4.08. The minimum Gasteiger partial charge on any atom is -0.395 e. The third kappa shape index (κ3) is 1.94. The SMILES string of the molecule is CCN(CCO)c1cnc2[nH]ccc2c1. The van der Waals surface area contributed by atoms with Crippen LogP contribution in [0.2, 0.25) is 0 Å². The molecular formula is C11H15N3O.